The molecule has 0 spiro atoms. The second-order valence-electron chi connectivity index (χ2n) is 4.22. The van der Waals surface area contributed by atoms with E-state index >= 15 is 0 Å². The highest BCUT2D eigenvalue weighted by Crippen LogP contribution is 2.29. The Morgan fingerprint density at radius 3 is 2.80 bits per heavy atom. The summed E-state index contributed by atoms with van der Waals surface area (Å²) in [5.74, 6) is 0.0719. The number of aromatic amines is 1. The molecule has 0 bridgehead atoms. The van der Waals surface area contributed by atoms with Crippen molar-refractivity contribution in [2.24, 2.45) is 0 Å². The molecule has 0 aliphatic rings. The predicted octanol–water partition coefficient (Wildman–Crippen LogP) is 2.84. The van der Waals surface area contributed by atoms with E-state index in [1.54, 1.807) is 12.1 Å². The molecule has 1 heterocycles. The second kappa shape index (κ2) is 6.02. The first kappa shape index (κ1) is 13.8. The minimum Gasteiger partial charge on any atom is -0.493 e. The van der Waals surface area contributed by atoms with Crippen molar-refractivity contribution in [3.8, 4) is 23.1 Å². The quantitative estimate of drug-likeness (QED) is 0.930. The minimum absolute atomic E-state index is 0.0150. The van der Waals surface area contributed by atoms with Crippen molar-refractivity contribution in [1.82, 2.24) is 4.98 Å². The van der Waals surface area contributed by atoms with Gasteiger partial charge >= 0.3 is 0 Å². The second-order valence-corrected chi connectivity index (χ2v) is 4.22. The van der Waals surface area contributed by atoms with Gasteiger partial charge in [-0.15, -0.1) is 0 Å². The number of pyridine rings is 1. The molecular weight excluding hydrogens is 259 g/mol. The Morgan fingerprint density at radius 1 is 1.35 bits per heavy atom. The lowest BCUT2D eigenvalue weighted by molar-refractivity contribution is 0.318. The lowest BCUT2D eigenvalue weighted by Gasteiger charge is -2.11. The molecule has 0 amide bonds. The summed E-state index contributed by atoms with van der Waals surface area (Å²) in [6, 6.07) is 8.87. The van der Waals surface area contributed by atoms with E-state index in [1.807, 2.05) is 6.92 Å². The molecule has 0 unspecified atom stereocenters. The number of hydrogen-bond donors (Lipinski definition) is 1. The van der Waals surface area contributed by atoms with Crippen LogP contribution in [0.3, 0.4) is 0 Å². The van der Waals surface area contributed by atoms with E-state index < -0.39 is 11.4 Å². The van der Waals surface area contributed by atoms with Gasteiger partial charge in [-0.25, -0.2) is 4.39 Å². The summed E-state index contributed by atoms with van der Waals surface area (Å²) in [6.07, 6.45) is 0.820. The number of ether oxygens (including phenoxy) is 1. The van der Waals surface area contributed by atoms with E-state index in [0.717, 1.165) is 6.42 Å². The van der Waals surface area contributed by atoms with Gasteiger partial charge in [-0.3, -0.25) is 4.79 Å². The highest BCUT2D eigenvalue weighted by molar-refractivity contribution is 5.67. The SMILES string of the molecule is CCCOc1ccc(F)cc1-c1ccc(C#N)c(=O)[nH]1. The molecule has 20 heavy (non-hydrogen) atoms. The molecular formula is C15H13FN2O2. The normalized spacial score (nSPS) is 10.1. The first-order valence-electron chi connectivity index (χ1n) is 6.22. The summed E-state index contributed by atoms with van der Waals surface area (Å²) in [5.41, 5.74) is 0.386. The van der Waals surface area contributed by atoms with Gasteiger partial charge < -0.3 is 9.72 Å². The van der Waals surface area contributed by atoms with Gasteiger partial charge in [0.2, 0.25) is 0 Å². The van der Waals surface area contributed by atoms with Crippen LogP contribution in [-0.4, -0.2) is 11.6 Å². The largest absolute Gasteiger partial charge is 0.493 e. The summed E-state index contributed by atoms with van der Waals surface area (Å²) in [4.78, 5) is 14.2. The molecule has 0 aliphatic heterocycles. The number of nitriles is 1. The fraction of sp³-hybridized carbons (Fsp3) is 0.200. The molecule has 0 saturated heterocycles. The molecule has 0 saturated carbocycles. The molecule has 1 N–H and O–H groups in total. The van der Waals surface area contributed by atoms with E-state index in [0.29, 0.717) is 23.6 Å². The van der Waals surface area contributed by atoms with Crippen molar-refractivity contribution in [2.45, 2.75) is 13.3 Å². The molecule has 1 aromatic carbocycles. The monoisotopic (exact) mass is 272 g/mol. The van der Waals surface area contributed by atoms with Crippen molar-refractivity contribution >= 4 is 0 Å². The number of halogens is 1. The maximum Gasteiger partial charge on any atom is 0.266 e. The Morgan fingerprint density at radius 2 is 2.15 bits per heavy atom. The van der Waals surface area contributed by atoms with Crippen LogP contribution >= 0.6 is 0 Å². The Labute approximate surface area is 115 Å². The minimum atomic E-state index is -0.504. The molecule has 0 radical (unpaired) electrons. The van der Waals surface area contributed by atoms with Crippen molar-refractivity contribution < 1.29 is 9.13 Å². The molecule has 0 atom stereocenters. The van der Waals surface area contributed by atoms with Crippen LogP contribution < -0.4 is 10.3 Å². The Kier molecular flexibility index (Phi) is 4.16. The third-order valence-electron chi connectivity index (χ3n) is 2.72. The van der Waals surface area contributed by atoms with Gasteiger partial charge in [-0.1, -0.05) is 6.92 Å². The first-order valence-corrected chi connectivity index (χ1v) is 6.22. The van der Waals surface area contributed by atoms with Gasteiger partial charge in [0.05, 0.1) is 12.3 Å². The summed E-state index contributed by atoms with van der Waals surface area (Å²) >= 11 is 0. The number of rotatable bonds is 4. The standard InChI is InChI=1S/C15H13FN2O2/c1-2-7-20-14-6-4-11(16)8-12(14)13-5-3-10(9-17)15(19)18-13/h3-6,8H,2,7H2,1H3,(H,18,19). The van der Waals surface area contributed by atoms with Gasteiger partial charge in [0.15, 0.2) is 0 Å². The van der Waals surface area contributed by atoms with Crippen LogP contribution in [0, 0.1) is 17.1 Å². The fourth-order valence-corrected chi connectivity index (χ4v) is 1.77. The Balaban J connectivity index is 2.51. The van der Waals surface area contributed by atoms with Crippen LogP contribution in [0.4, 0.5) is 4.39 Å². The average molecular weight is 272 g/mol. The third-order valence-corrected chi connectivity index (χ3v) is 2.72. The lowest BCUT2D eigenvalue weighted by atomic mass is 10.1. The molecule has 1 aromatic heterocycles. The fourth-order valence-electron chi connectivity index (χ4n) is 1.77. The van der Waals surface area contributed by atoms with E-state index in [4.69, 9.17) is 10.00 Å². The topological polar surface area (TPSA) is 65.9 Å². The van der Waals surface area contributed by atoms with Gasteiger partial charge in [0.1, 0.15) is 23.2 Å². The molecule has 4 nitrogen and oxygen atoms in total. The van der Waals surface area contributed by atoms with Gasteiger partial charge in [-0.05, 0) is 36.8 Å². The highest BCUT2D eigenvalue weighted by Gasteiger charge is 2.10. The zero-order valence-corrected chi connectivity index (χ0v) is 10.9. The van der Waals surface area contributed by atoms with Crippen LogP contribution in [0.1, 0.15) is 18.9 Å². The summed E-state index contributed by atoms with van der Waals surface area (Å²) in [5, 5.41) is 8.74. The number of nitrogens with one attached hydrogen (secondary N) is 1. The summed E-state index contributed by atoms with van der Waals surface area (Å²) in [7, 11) is 0. The predicted molar refractivity (Wildman–Crippen MR) is 73.0 cm³/mol. The maximum absolute atomic E-state index is 13.4. The smallest absolute Gasteiger partial charge is 0.266 e. The molecule has 0 fully saturated rings. The van der Waals surface area contributed by atoms with E-state index in [1.165, 1.54) is 24.3 Å². The van der Waals surface area contributed by atoms with E-state index in [9.17, 15) is 9.18 Å². The third kappa shape index (κ3) is 2.86. The highest BCUT2D eigenvalue weighted by atomic mass is 19.1. The van der Waals surface area contributed by atoms with Crippen LogP contribution in [0.15, 0.2) is 35.1 Å². The number of benzene rings is 1. The molecule has 0 aliphatic carbocycles. The zero-order valence-electron chi connectivity index (χ0n) is 10.9. The molecule has 102 valence electrons. The van der Waals surface area contributed by atoms with Crippen LogP contribution in [0.2, 0.25) is 0 Å². The first-order chi connectivity index (χ1) is 9.65. The van der Waals surface area contributed by atoms with Gasteiger partial charge in [0, 0.05) is 5.56 Å². The summed E-state index contributed by atoms with van der Waals surface area (Å²) in [6.45, 7) is 2.46. The van der Waals surface area contributed by atoms with Crippen molar-refractivity contribution in [3.63, 3.8) is 0 Å². The number of nitrogens with zero attached hydrogens (tertiary/aromatic N) is 1. The maximum atomic E-state index is 13.4. The number of H-pyrrole nitrogens is 1. The van der Waals surface area contributed by atoms with E-state index in [2.05, 4.69) is 4.98 Å². The van der Waals surface area contributed by atoms with Crippen LogP contribution in [-0.2, 0) is 0 Å². The van der Waals surface area contributed by atoms with Crippen molar-refractivity contribution in [2.75, 3.05) is 6.61 Å². The number of hydrogen-bond acceptors (Lipinski definition) is 3. The summed E-state index contributed by atoms with van der Waals surface area (Å²) < 4.78 is 18.9. The van der Waals surface area contributed by atoms with Gasteiger partial charge in [-0.2, -0.15) is 5.26 Å². The van der Waals surface area contributed by atoms with Gasteiger partial charge in [0.25, 0.3) is 5.56 Å². The Bertz CT molecular complexity index is 717. The average Bonchev–Trinajstić information content (AvgIpc) is 2.46. The van der Waals surface area contributed by atoms with Crippen LogP contribution in [0.5, 0.6) is 5.75 Å². The van der Waals surface area contributed by atoms with Crippen molar-refractivity contribution in [3.05, 3.63) is 52.1 Å². The van der Waals surface area contributed by atoms with Crippen molar-refractivity contribution in [1.29, 1.82) is 5.26 Å². The van der Waals surface area contributed by atoms with E-state index in [-0.39, 0.29) is 5.56 Å². The number of aromatic nitrogens is 1. The Hall–Kier alpha value is -2.61. The molecule has 2 aromatic rings. The zero-order chi connectivity index (χ0) is 14.5. The molecule has 2 rings (SSSR count). The van der Waals surface area contributed by atoms with Crippen LogP contribution in [0.25, 0.3) is 11.3 Å². The molecule has 5 heteroatoms. The lowest BCUT2D eigenvalue weighted by Crippen LogP contribution is -2.10.